The zero-order valence-electron chi connectivity index (χ0n) is 10.1. The van der Waals surface area contributed by atoms with Gasteiger partial charge in [-0.3, -0.25) is 9.88 Å². The first-order valence-electron chi connectivity index (χ1n) is 6.01. The van der Waals surface area contributed by atoms with Gasteiger partial charge < -0.3 is 4.74 Å². The Morgan fingerprint density at radius 3 is 2.75 bits per heavy atom. The van der Waals surface area contributed by atoms with Crippen molar-refractivity contribution in [1.82, 2.24) is 9.88 Å². The van der Waals surface area contributed by atoms with Crippen molar-refractivity contribution in [2.75, 3.05) is 26.3 Å². The number of morpholine rings is 1. The lowest BCUT2D eigenvalue weighted by molar-refractivity contribution is 0.0336. The normalized spacial score (nSPS) is 17.9. The summed E-state index contributed by atoms with van der Waals surface area (Å²) in [7, 11) is 0. The molecule has 0 aliphatic carbocycles. The molecule has 0 N–H and O–H groups in total. The molecular formula is C13H20N2O. The Morgan fingerprint density at radius 2 is 2.06 bits per heavy atom. The predicted octanol–water partition coefficient (Wildman–Crippen LogP) is 2.04. The zero-order valence-corrected chi connectivity index (χ0v) is 10.1. The van der Waals surface area contributed by atoms with E-state index in [0.29, 0.717) is 5.92 Å². The summed E-state index contributed by atoms with van der Waals surface area (Å²) in [6, 6.07) is 6.33. The van der Waals surface area contributed by atoms with Crippen LogP contribution in [0, 0.1) is 0 Å². The number of ether oxygens (including phenoxy) is 1. The molecule has 0 aromatic carbocycles. The van der Waals surface area contributed by atoms with Crippen molar-refractivity contribution in [1.29, 1.82) is 0 Å². The van der Waals surface area contributed by atoms with Crippen LogP contribution in [0.25, 0.3) is 0 Å². The molecule has 0 spiro atoms. The maximum absolute atomic E-state index is 5.34. The summed E-state index contributed by atoms with van der Waals surface area (Å²) in [5.74, 6) is 0.504. The van der Waals surface area contributed by atoms with Crippen LogP contribution < -0.4 is 0 Å². The van der Waals surface area contributed by atoms with Crippen molar-refractivity contribution in [3.05, 3.63) is 29.6 Å². The van der Waals surface area contributed by atoms with Crippen LogP contribution in [0.2, 0.25) is 0 Å². The van der Waals surface area contributed by atoms with Crippen LogP contribution in [0.4, 0.5) is 0 Å². The summed E-state index contributed by atoms with van der Waals surface area (Å²) in [5.41, 5.74) is 2.36. The second kappa shape index (κ2) is 5.41. The van der Waals surface area contributed by atoms with E-state index in [-0.39, 0.29) is 0 Å². The minimum atomic E-state index is 0.504. The summed E-state index contributed by atoms with van der Waals surface area (Å²) in [6.45, 7) is 9.06. The molecule has 3 nitrogen and oxygen atoms in total. The first-order chi connectivity index (χ1) is 7.75. The number of nitrogens with zero attached hydrogens (tertiary/aromatic N) is 2. The fourth-order valence-electron chi connectivity index (χ4n) is 1.90. The van der Waals surface area contributed by atoms with E-state index in [9.17, 15) is 0 Å². The number of hydrogen-bond donors (Lipinski definition) is 0. The lowest BCUT2D eigenvalue weighted by Gasteiger charge is -2.26. The highest BCUT2D eigenvalue weighted by atomic mass is 16.5. The van der Waals surface area contributed by atoms with Crippen LogP contribution in [0.5, 0.6) is 0 Å². The third-order valence-corrected chi connectivity index (χ3v) is 2.91. The molecule has 0 bridgehead atoms. The molecule has 0 saturated carbocycles. The van der Waals surface area contributed by atoms with Crippen LogP contribution in [-0.2, 0) is 11.3 Å². The first kappa shape index (κ1) is 11.6. The first-order valence-corrected chi connectivity index (χ1v) is 6.01. The Morgan fingerprint density at radius 1 is 1.31 bits per heavy atom. The average molecular weight is 220 g/mol. The minimum absolute atomic E-state index is 0.504. The Balaban J connectivity index is 2.00. The fraction of sp³-hybridized carbons (Fsp3) is 0.615. The molecule has 2 heterocycles. The van der Waals surface area contributed by atoms with E-state index in [1.54, 1.807) is 0 Å². The summed E-state index contributed by atoms with van der Waals surface area (Å²) < 4.78 is 5.34. The van der Waals surface area contributed by atoms with Crippen molar-refractivity contribution in [3.63, 3.8) is 0 Å². The summed E-state index contributed by atoms with van der Waals surface area (Å²) >= 11 is 0. The summed E-state index contributed by atoms with van der Waals surface area (Å²) in [4.78, 5) is 7.08. The Hall–Kier alpha value is -0.930. The second-order valence-electron chi connectivity index (χ2n) is 4.60. The Labute approximate surface area is 97.4 Å². The van der Waals surface area contributed by atoms with E-state index in [2.05, 4.69) is 41.9 Å². The molecule has 16 heavy (non-hydrogen) atoms. The van der Waals surface area contributed by atoms with Gasteiger partial charge in [0, 0.05) is 25.3 Å². The highest BCUT2D eigenvalue weighted by Crippen LogP contribution is 2.13. The number of hydrogen-bond acceptors (Lipinski definition) is 3. The predicted molar refractivity (Wildman–Crippen MR) is 64.4 cm³/mol. The third kappa shape index (κ3) is 3.03. The maximum atomic E-state index is 5.34. The lowest BCUT2D eigenvalue weighted by Crippen LogP contribution is -2.35. The smallest absolute Gasteiger partial charge is 0.0594 e. The Bertz CT molecular complexity index is 332. The quantitative estimate of drug-likeness (QED) is 0.779. The molecule has 0 atom stereocenters. The van der Waals surface area contributed by atoms with Crippen LogP contribution in [0.15, 0.2) is 18.2 Å². The van der Waals surface area contributed by atoms with Crippen molar-refractivity contribution in [2.24, 2.45) is 0 Å². The summed E-state index contributed by atoms with van der Waals surface area (Å²) in [6.07, 6.45) is 0. The van der Waals surface area contributed by atoms with E-state index < -0.39 is 0 Å². The minimum Gasteiger partial charge on any atom is -0.379 e. The standard InChI is InChI=1S/C13H20N2O/c1-11(2)13-5-3-4-12(14-13)10-15-6-8-16-9-7-15/h3-5,11H,6-10H2,1-2H3. The van der Waals surface area contributed by atoms with E-state index in [1.165, 1.54) is 11.4 Å². The van der Waals surface area contributed by atoms with Gasteiger partial charge in [0.05, 0.1) is 18.9 Å². The van der Waals surface area contributed by atoms with Crippen LogP contribution in [0.1, 0.15) is 31.2 Å². The van der Waals surface area contributed by atoms with Gasteiger partial charge in [0.2, 0.25) is 0 Å². The molecule has 0 amide bonds. The van der Waals surface area contributed by atoms with E-state index in [4.69, 9.17) is 4.74 Å². The topological polar surface area (TPSA) is 25.4 Å². The van der Waals surface area contributed by atoms with Crippen molar-refractivity contribution >= 4 is 0 Å². The lowest BCUT2D eigenvalue weighted by atomic mass is 10.1. The zero-order chi connectivity index (χ0) is 11.4. The maximum Gasteiger partial charge on any atom is 0.0594 e. The van der Waals surface area contributed by atoms with Crippen molar-refractivity contribution in [3.8, 4) is 0 Å². The molecule has 1 aliphatic rings. The molecule has 1 fully saturated rings. The van der Waals surface area contributed by atoms with E-state index >= 15 is 0 Å². The molecule has 1 aliphatic heterocycles. The van der Waals surface area contributed by atoms with Gasteiger partial charge in [0.25, 0.3) is 0 Å². The Kier molecular flexibility index (Phi) is 3.91. The van der Waals surface area contributed by atoms with E-state index in [0.717, 1.165) is 32.8 Å². The molecule has 1 aromatic heterocycles. The van der Waals surface area contributed by atoms with Crippen LogP contribution in [-0.4, -0.2) is 36.2 Å². The van der Waals surface area contributed by atoms with E-state index in [1.807, 2.05) is 0 Å². The molecule has 1 saturated heterocycles. The second-order valence-corrected chi connectivity index (χ2v) is 4.60. The van der Waals surface area contributed by atoms with Crippen molar-refractivity contribution < 1.29 is 4.74 Å². The van der Waals surface area contributed by atoms with Gasteiger partial charge in [0.15, 0.2) is 0 Å². The number of aromatic nitrogens is 1. The van der Waals surface area contributed by atoms with Crippen LogP contribution >= 0.6 is 0 Å². The van der Waals surface area contributed by atoms with Gasteiger partial charge in [-0.05, 0) is 18.1 Å². The van der Waals surface area contributed by atoms with Crippen LogP contribution in [0.3, 0.4) is 0 Å². The van der Waals surface area contributed by atoms with Gasteiger partial charge in [-0.2, -0.15) is 0 Å². The molecule has 2 rings (SSSR count). The number of pyridine rings is 1. The van der Waals surface area contributed by atoms with Gasteiger partial charge in [-0.1, -0.05) is 19.9 Å². The van der Waals surface area contributed by atoms with Gasteiger partial charge in [-0.15, -0.1) is 0 Å². The number of rotatable bonds is 3. The third-order valence-electron chi connectivity index (χ3n) is 2.91. The molecule has 0 unspecified atom stereocenters. The largest absolute Gasteiger partial charge is 0.379 e. The monoisotopic (exact) mass is 220 g/mol. The van der Waals surface area contributed by atoms with Gasteiger partial charge in [0.1, 0.15) is 0 Å². The van der Waals surface area contributed by atoms with Crippen molar-refractivity contribution in [2.45, 2.75) is 26.3 Å². The molecule has 88 valence electrons. The molecule has 3 heteroatoms. The SMILES string of the molecule is CC(C)c1cccc(CN2CCOCC2)n1. The summed E-state index contributed by atoms with van der Waals surface area (Å²) in [5, 5.41) is 0. The molecule has 1 aromatic rings. The average Bonchev–Trinajstić information content (AvgIpc) is 2.30. The highest BCUT2D eigenvalue weighted by Gasteiger charge is 2.11. The molecular weight excluding hydrogens is 200 g/mol. The molecule has 0 radical (unpaired) electrons. The van der Waals surface area contributed by atoms with Gasteiger partial charge in [-0.25, -0.2) is 0 Å². The highest BCUT2D eigenvalue weighted by molar-refractivity contribution is 5.13. The van der Waals surface area contributed by atoms with Gasteiger partial charge >= 0.3 is 0 Å². The fourth-order valence-corrected chi connectivity index (χ4v) is 1.90.